The summed E-state index contributed by atoms with van der Waals surface area (Å²) in [5.41, 5.74) is 0.298. The highest BCUT2D eigenvalue weighted by Crippen LogP contribution is 2.35. The lowest BCUT2D eigenvalue weighted by Crippen LogP contribution is -2.44. The summed E-state index contributed by atoms with van der Waals surface area (Å²) < 4.78 is 5.15. The molecule has 1 saturated carbocycles. The fraction of sp³-hybridized carbons (Fsp3) is 0.545. The van der Waals surface area contributed by atoms with E-state index in [-0.39, 0.29) is 36.8 Å². The van der Waals surface area contributed by atoms with Gasteiger partial charge >= 0.3 is 12.0 Å². The summed E-state index contributed by atoms with van der Waals surface area (Å²) in [6, 6.07) is 6.16. The van der Waals surface area contributed by atoms with Crippen molar-refractivity contribution in [3.8, 4) is 0 Å². The molecular weight excluding hydrogens is 386 g/mol. The van der Waals surface area contributed by atoms with Crippen LogP contribution >= 0.6 is 0 Å². The van der Waals surface area contributed by atoms with Crippen molar-refractivity contribution in [3.05, 3.63) is 29.8 Å². The number of nitrogens with zero attached hydrogens (tertiary/aromatic N) is 1. The highest BCUT2D eigenvalue weighted by atomic mass is 16.5. The van der Waals surface area contributed by atoms with Crippen molar-refractivity contribution in [2.24, 2.45) is 0 Å². The molecule has 8 heteroatoms. The van der Waals surface area contributed by atoms with Crippen molar-refractivity contribution in [1.29, 1.82) is 0 Å². The molecule has 0 radical (unpaired) electrons. The molecule has 0 aromatic heterocycles. The van der Waals surface area contributed by atoms with Crippen LogP contribution in [0.5, 0.6) is 0 Å². The van der Waals surface area contributed by atoms with Crippen molar-refractivity contribution >= 4 is 29.5 Å². The van der Waals surface area contributed by atoms with E-state index in [9.17, 15) is 19.2 Å². The molecule has 0 unspecified atom stereocenters. The van der Waals surface area contributed by atoms with E-state index in [2.05, 4.69) is 10.6 Å². The van der Waals surface area contributed by atoms with Crippen LogP contribution in [0.4, 0.5) is 10.5 Å². The molecule has 2 N–H and O–H groups in total. The SMILES string of the molecule is CCCCOC(=O)c1ccc(NC(=O)CCCN2C(=O)NC3(CCCC3)C2=O)cc1. The fourth-order valence-electron chi connectivity index (χ4n) is 3.90. The van der Waals surface area contributed by atoms with Gasteiger partial charge in [-0.2, -0.15) is 0 Å². The molecule has 162 valence electrons. The molecule has 4 amide bonds. The van der Waals surface area contributed by atoms with Crippen LogP contribution in [0.25, 0.3) is 0 Å². The zero-order valence-electron chi connectivity index (χ0n) is 17.4. The second kappa shape index (κ2) is 9.73. The number of carbonyl (C=O) groups excluding carboxylic acids is 4. The highest BCUT2D eigenvalue weighted by Gasteiger charge is 2.51. The normalized spacial score (nSPS) is 17.3. The Balaban J connectivity index is 1.42. The number of hydrogen-bond acceptors (Lipinski definition) is 5. The van der Waals surface area contributed by atoms with Gasteiger partial charge in [0.1, 0.15) is 5.54 Å². The van der Waals surface area contributed by atoms with Crippen molar-refractivity contribution in [2.75, 3.05) is 18.5 Å². The van der Waals surface area contributed by atoms with Gasteiger partial charge in [-0.15, -0.1) is 0 Å². The number of carbonyl (C=O) groups is 4. The zero-order valence-corrected chi connectivity index (χ0v) is 17.4. The summed E-state index contributed by atoms with van der Waals surface area (Å²) in [5.74, 6) is -0.752. The lowest BCUT2D eigenvalue weighted by molar-refractivity contribution is -0.131. The molecule has 2 fully saturated rings. The number of benzene rings is 1. The molecule has 1 heterocycles. The lowest BCUT2D eigenvalue weighted by Gasteiger charge is -2.19. The first kappa shape index (κ1) is 21.8. The molecular formula is C22H29N3O5. The predicted molar refractivity (Wildman–Crippen MR) is 111 cm³/mol. The highest BCUT2D eigenvalue weighted by molar-refractivity contribution is 6.07. The maximum absolute atomic E-state index is 12.6. The molecule has 1 aliphatic carbocycles. The number of urea groups is 1. The maximum Gasteiger partial charge on any atom is 0.338 e. The smallest absolute Gasteiger partial charge is 0.338 e. The van der Waals surface area contributed by atoms with Gasteiger partial charge in [0.2, 0.25) is 5.91 Å². The largest absolute Gasteiger partial charge is 0.462 e. The number of ether oxygens (including phenoxy) is 1. The number of imide groups is 1. The van der Waals surface area contributed by atoms with Gasteiger partial charge in [0.15, 0.2) is 0 Å². The Morgan fingerprint density at radius 2 is 1.83 bits per heavy atom. The number of esters is 1. The first-order chi connectivity index (χ1) is 14.4. The van der Waals surface area contributed by atoms with Crippen molar-refractivity contribution in [1.82, 2.24) is 10.2 Å². The number of rotatable bonds is 9. The van der Waals surface area contributed by atoms with E-state index in [1.54, 1.807) is 24.3 Å². The topological polar surface area (TPSA) is 105 Å². The van der Waals surface area contributed by atoms with Gasteiger partial charge < -0.3 is 15.4 Å². The van der Waals surface area contributed by atoms with Gasteiger partial charge in [-0.3, -0.25) is 14.5 Å². The Morgan fingerprint density at radius 1 is 1.13 bits per heavy atom. The zero-order chi connectivity index (χ0) is 21.6. The molecule has 1 aromatic carbocycles. The second-order valence-electron chi connectivity index (χ2n) is 7.89. The Bertz CT molecular complexity index is 799. The molecule has 1 aliphatic heterocycles. The van der Waals surface area contributed by atoms with Crippen LogP contribution in [0.3, 0.4) is 0 Å². The summed E-state index contributed by atoms with van der Waals surface area (Å²) in [7, 11) is 0. The van der Waals surface area contributed by atoms with Crippen LogP contribution in [-0.4, -0.2) is 47.4 Å². The molecule has 2 aliphatic rings. The molecule has 0 bridgehead atoms. The lowest BCUT2D eigenvalue weighted by atomic mass is 9.98. The number of hydrogen-bond donors (Lipinski definition) is 2. The fourth-order valence-corrected chi connectivity index (χ4v) is 3.90. The molecule has 30 heavy (non-hydrogen) atoms. The minimum Gasteiger partial charge on any atom is -0.462 e. The van der Waals surface area contributed by atoms with Crippen molar-refractivity contribution < 1.29 is 23.9 Å². The number of unbranched alkanes of at least 4 members (excludes halogenated alkanes) is 1. The molecule has 1 spiro atoms. The first-order valence-electron chi connectivity index (χ1n) is 10.7. The van der Waals surface area contributed by atoms with Crippen LogP contribution in [0.2, 0.25) is 0 Å². The van der Waals surface area contributed by atoms with Gasteiger partial charge in [-0.1, -0.05) is 26.2 Å². The van der Waals surface area contributed by atoms with Crippen LogP contribution in [0.15, 0.2) is 24.3 Å². The molecule has 0 atom stereocenters. The standard InChI is InChI=1S/C22H29N3O5/c1-2-3-15-30-19(27)16-8-10-17(11-9-16)23-18(26)7-6-14-25-20(28)22(24-21(25)29)12-4-5-13-22/h8-11H,2-7,12-15H2,1H3,(H,23,26)(H,24,29). The molecule has 1 saturated heterocycles. The Hall–Kier alpha value is -2.90. The maximum atomic E-state index is 12.6. The van der Waals surface area contributed by atoms with Crippen LogP contribution in [-0.2, 0) is 14.3 Å². The van der Waals surface area contributed by atoms with Crippen molar-refractivity contribution in [2.45, 2.75) is 63.8 Å². The number of amides is 4. The third-order valence-corrected chi connectivity index (χ3v) is 5.62. The summed E-state index contributed by atoms with van der Waals surface area (Å²) in [6.07, 6.45) is 5.62. The van der Waals surface area contributed by atoms with Crippen LogP contribution in [0, 0.1) is 0 Å². The Morgan fingerprint density at radius 3 is 2.50 bits per heavy atom. The number of nitrogens with one attached hydrogen (secondary N) is 2. The molecule has 3 rings (SSSR count). The summed E-state index contributed by atoms with van der Waals surface area (Å²) in [6.45, 7) is 2.64. The summed E-state index contributed by atoms with van der Waals surface area (Å²) in [4.78, 5) is 50.0. The van der Waals surface area contributed by atoms with E-state index < -0.39 is 5.54 Å². The summed E-state index contributed by atoms with van der Waals surface area (Å²) in [5, 5.41) is 5.60. The molecule has 8 nitrogen and oxygen atoms in total. The minimum absolute atomic E-state index is 0.160. The van der Waals surface area contributed by atoms with Gasteiger partial charge in [0, 0.05) is 18.7 Å². The van der Waals surface area contributed by atoms with Crippen LogP contribution in [0.1, 0.15) is 68.6 Å². The third-order valence-electron chi connectivity index (χ3n) is 5.62. The average Bonchev–Trinajstić information content (AvgIpc) is 3.29. The average molecular weight is 415 g/mol. The third kappa shape index (κ3) is 4.98. The van der Waals surface area contributed by atoms with E-state index in [1.807, 2.05) is 6.92 Å². The minimum atomic E-state index is -0.710. The van der Waals surface area contributed by atoms with Gasteiger partial charge in [-0.05, 0) is 49.9 Å². The number of anilines is 1. The van der Waals surface area contributed by atoms with E-state index in [0.29, 0.717) is 37.1 Å². The van der Waals surface area contributed by atoms with E-state index in [4.69, 9.17) is 4.74 Å². The van der Waals surface area contributed by atoms with E-state index >= 15 is 0 Å². The Labute approximate surface area is 176 Å². The monoisotopic (exact) mass is 415 g/mol. The first-order valence-corrected chi connectivity index (χ1v) is 10.7. The van der Waals surface area contributed by atoms with Crippen molar-refractivity contribution in [3.63, 3.8) is 0 Å². The van der Waals surface area contributed by atoms with Crippen LogP contribution < -0.4 is 10.6 Å². The summed E-state index contributed by atoms with van der Waals surface area (Å²) >= 11 is 0. The quantitative estimate of drug-likeness (QED) is 0.366. The van der Waals surface area contributed by atoms with Gasteiger partial charge in [0.05, 0.1) is 12.2 Å². The van der Waals surface area contributed by atoms with Gasteiger partial charge in [-0.25, -0.2) is 9.59 Å². The van der Waals surface area contributed by atoms with Gasteiger partial charge in [0.25, 0.3) is 5.91 Å². The van der Waals surface area contributed by atoms with E-state index in [0.717, 1.165) is 25.7 Å². The molecule has 1 aromatic rings. The van der Waals surface area contributed by atoms with E-state index in [1.165, 1.54) is 4.90 Å². The Kier molecular flexibility index (Phi) is 7.07. The second-order valence-corrected chi connectivity index (χ2v) is 7.89. The predicted octanol–water partition coefficient (Wildman–Crippen LogP) is 3.23.